The molecule has 1 aliphatic rings. The molecule has 1 N–H and O–H groups in total. The van der Waals surface area contributed by atoms with Gasteiger partial charge in [0.15, 0.2) is 0 Å². The van der Waals surface area contributed by atoms with Crippen molar-refractivity contribution in [2.24, 2.45) is 5.41 Å². The molecule has 0 aromatic heterocycles. The highest BCUT2D eigenvalue weighted by molar-refractivity contribution is 5.69. The normalized spacial score (nSPS) is 21.2. The van der Waals surface area contributed by atoms with Gasteiger partial charge < -0.3 is 5.11 Å². The number of carboxylic acids is 1. The molecule has 0 aliphatic heterocycles. The molecule has 0 spiro atoms. The Hall–Kier alpha value is -0.570. The molecule has 0 saturated heterocycles. The number of hydrogen-bond acceptors (Lipinski definition) is 2. The molecule has 3 heteroatoms. The van der Waals surface area contributed by atoms with Gasteiger partial charge in [-0.1, -0.05) is 20.8 Å². The van der Waals surface area contributed by atoms with Crippen molar-refractivity contribution in [1.82, 2.24) is 4.90 Å². The topological polar surface area (TPSA) is 40.5 Å². The molecule has 1 fully saturated rings. The number of carbonyl (C=O) groups is 1. The van der Waals surface area contributed by atoms with Gasteiger partial charge >= 0.3 is 5.97 Å². The van der Waals surface area contributed by atoms with Crippen LogP contribution >= 0.6 is 0 Å². The highest BCUT2D eigenvalue weighted by Gasteiger charge is 2.30. The van der Waals surface area contributed by atoms with Crippen LogP contribution in [0.25, 0.3) is 0 Å². The van der Waals surface area contributed by atoms with Gasteiger partial charge in [-0.2, -0.15) is 0 Å². The van der Waals surface area contributed by atoms with Crippen molar-refractivity contribution in [2.75, 3.05) is 13.1 Å². The quantitative estimate of drug-likeness (QED) is 0.785. The van der Waals surface area contributed by atoms with E-state index < -0.39 is 5.97 Å². The fourth-order valence-corrected chi connectivity index (χ4v) is 2.60. The lowest BCUT2D eigenvalue weighted by Crippen LogP contribution is -2.42. The monoisotopic (exact) mass is 227 g/mol. The summed E-state index contributed by atoms with van der Waals surface area (Å²) in [5.41, 5.74) is 0.456. The molecule has 1 saturated carbocycles. The largest absolute Gasteiger partial charge is 0.480 e. The smallest absolute Gasteiger partial charge is 0.317 e. The van der Waals surface area contributed by atoms with Crippen molar-refractivity contribution < 1.29 is 9.90 Å². The van der Waals surface area contributed by atoms with Crippen molar-refractivity contribution in [2.45, 2.75) is 58.9 Å². The van der Waals surface area contributed by atoms with Crippen molar-refractivity contribution in [1.29, 1.82) is 0 Å². The van der Waals surface area contributed by atoms with Crippen LogP contribution in [-0.4, -0.2) is 35.1 Å². The molecule has 0 aromatic rings. The van der Waals surface area contributed by atoms with Gasteiger partial charge in [-0.05, 0) is 44.1 Å². The van der Waals surface area contributed by atoms with Crippen LogP contribution in [0.15, 0.2) is 0 Å². The first-order valence-electron chi connectivity index (χ1n) is 6.40. The second kappa shape index (κ2) is 5.67. The van der Waals surface area contributed by atoms with E-state index in [9.17, 15) is 4.79 Å². The molecular weight excluding hydrogens is 202 g/mol. The third kappa shape index (κ3) is 4.12. The van der Waals surface area contributed by atoms with E-state index in [1.165, 1.54) is 12.8 Å². The van der Waals surface area contributed by atoms with Crippen LogP contribution < -0.4 is 0 Å². The summed E-state index contributed by atoms with van der Waals surface area (Å²) < 4.78 is 0. The van der Waals surface area contributed by atoms with Crippen molar-refractivity contribution in [3.05, 3.63) is 0 Å². The zero-order valence-corrected chi connectivity index (χ0v) is 10.8. The first kappa shape index (κ1) is 13.5. The fraction of sp³-hybridized carbons (Fsp3) is 0.923. The molecule has 1 rings (SSSR count). The second-order valence-corrected chi connectivity index (χ2v) is 5.76. The van der Waals surface area contributed by atoms with Crippen LogP contribution in [0, 0.1) is 5.41 Å². The molecular formula is C13H25NO2. The van der Waals surface area contributed by atoms with Gasteiger partial charge in [0.1, 0.15) is 0 Å². The summed E-state index contributed by atoms with van der Waals surface area (Å²) in [5.74, 6) is -0.696. The maximum atomic E-state index is 10.8. The van der Waals surface area contributed by atoms with Gasteiger partial charge in [-0.15, -0.1) is 0 Å². The Labute approximate surface area is 98.8 Å². The minimum absolute atomic E-state index is 0.207. The summed E-state index contributed by atoms with van der Waals surface area (Å²) >= 11 is 0. The highest BCUT2D eigenvalue weighted by Crippen LogP contribution is 2.36. The van der Waals surface area contributed by atoms with Crippen molar-refractivity contribution in [3.63, 3.8) is 0 Å². The first-order valence-corrected chi connectivity index (χ1v) is 6.40. The average Bonchev–Trinajstić information content (AvgIpc) is 2.16. The van der Waals surface area contributed by atoms with E-state index in [0.717, 1.165) is 25.8 Å². The molecule has 16 heavy (non-hydrogen) atoms. The Morgan fingerprint density at radius 3 is 2.38 bits per heavy atom. The van der Waals surface area contributed by atoms with Gasteiger partial charge in [0, 0.05) is 6.04 Å². The van der Waals surface area contributed by atoms with Crippen LogP contribution in [-0.2, 0) is 4.79 Å². The van der Waals surface area contributed by atoms with Crippen LogP contribution in [0.5, 0.6) is 0 Å². The molecule has 1 aliphatic carbocycles. The Morgan fingerprint density at radius 2 is 1.94 bits per heavy atom. The standard InChI is InChI=1S/C13H25NO2/c1-4-9-14(10-12(15)16)11-5-7-13(2,3)8-6-11/h11H,4-10H2,1-3H3,(H,15,16). The molecule has 0 bridgehead atoms. The minimum Gasteiger partial charge on any atom is -0.480 e. The molecule has 0 heterocycles. The number of nitrogens with zero attached hydrogens (tertiary/aromatic N) is 1. The minimum atomic E-state index is -0.696. The molecule has 0 radical (unpaired) electrons. The zero-order valence-electron chi connectivity index (χ0n) is 10.8. The molecule has 0 aromatic carbocycles. The number of aliphatic carboxylic acids is 1. The van der Waals surface area contributed by atoms with E-state index in [-0.39, 0.29) is 6.54 Å². The molecule has 0 atom stereocenters. The lowest BCUT2D eigenvalue weighted by molar-refractivity contribution is -0.139. The summed E-state index contributed by atoms with van der Waals surface area (Å²) in [7, 11) is 0. The van der Waals surface area contributed by atoms with Gasteiger partial charge in [-0.3, -0.25) is 9.69 Å². The van der Waals surface area contributed by atoms with Gasteiger partial charge in [0.05, 0.1) is 6.54 Å². The van der Waals surface area contributed by atoms with E-state index in [0.29, 0.717) is 11.5 Å². The predicted octanol–water partition coefficient (Wildman–Crippen LogP) is 2.75. The number of carboxylic acid groups (broad SMARTS) is 1. The van der Waals surface area contributed by atoms with Gasteiger partial charge in [-0.25, -0.2) is 0 Å². The number of rotatable bonds is 5. The molecule has 0 amide bonds. The third-order valence-corrected chi connectivity index (χ3v) is 3.67. The van der Waals surface area contributed by atoms with E-state index >= 15 is 0 Å². The number of hydrogen-bond donors (Lipinski definition) is 1. The van der Waals surface area contributed by atoms with E-state index in [1.807, 2.05) is 0 Å². The average molecular weight is 227 g/mol. The SMILES string of the molecule is CCCN(CC(=O)O)C1CCC(C)(C)CC1. The van der Waals surface area contributed by atoms with E-state index in [2.05, 4.69) is 25.7 Å². The predicted molar refractivity (Wildman–Crippen MR) is 65.5 cm³/mol. The van der Waals surface area contributed by atoms with Gasteiger partial charge in [0.2, 0.25) is 0 Å². The molecule has 3 nitrogen and oxygen atoms in total. The molecule has 94 valence electrons. The Morgan fingerprint density at radius 1 is 1.38 bits per heavy atom. The summed E-state index contributed by atoms with van der Waals surface area (Å²) in [6, 6.07) is 0.490. The van der Waals surface area contributed by atoms with Crippen molar-refractivity contribution in [3.8, 4) is 0 Å². The summed E-state index contributed by atoms with van der Waals surface area (Å²) in [6.07, 6.45) is 5.78. The third-order valence-electron chi connectivity index (χ3n) is 3.67. The zero-order chi connectivity index (χ0) is 12.2. The highest BCUT2D eigenvalue weighted by atomic mass is 16.4. The summed E-state index contributed by atoms with van der Waals surface area (Å²) in [5, 5.41) is 8.90. The van der Waals surface area contributed by atoms with Gasteiger partial charge in [0.25, 0.3) is 0 Å². The summed E-state index contributed by atoms with van der Waals surface area (Å²) in [4.78, 5) is 13.0. The second-order valence-electron chi connectivity index (χ2n) is 5.76. The van der Waals surface area contributed by atoms with E-state index in [4.69, 9.17) is 5.11 Å². The van der Waals surface area contributed by atoms with Crippen LogP contribution in [0.2, 0.25) is 0 Å². The lowest BCUT2D eigenvalue weighted by Gasteiger charge is -2.39. The van der Waals surface area contributed by atoms with Crippen LogP contribution in [0.3, 0.4) is 0 Å². The lowest BCUT2D eigenvalue weighted by atomic mass is 9.75. The maximum Gasteiger partial charge on any atom is 0.317 e. The van der Waals surface area contributed by atoms with Crippen molar-refractivity contribution >= 4 is 5.97 Å². The van der Waals surface area contributed by atoms with Crippen LogP contribution in [0.4, 0.5) is 0 Å². The van der Waals surface area contributed by atoms with Crippen LogP contribution in [0.1, 0.15) is 52.9 Å². The summed E-state index contributed by atoms with van der Waals surface area (Å²) in [6.45, 7) is 7.85. The first-order chi connectivity index (χ1) is 7.44. The van der Waals surface area contributed by atoms with E-state index in [1.54, 1.807) is 0 Å². The Balaban J connectivity index is 2.49. The molecule has 0 unspecified atom stereocenters. The maximum absolute atomic E-state index is 10.8. The Kier molecular flexibility index (Phi) is 4.78. The fourth-order valence-electron chi connectivity index (χ4n) is 2.60. The Bertz CT molecular complexity index is 228.